The van der Waals surface area contributed by atoms with Gasteiger partial charge in [-0.25, -0.2) is 4.98 Å². The van der Waals surface area contributed by atoms with Crippen LogP contribution < -0.4 is 5.73 Å². The maximum absolute atomic E-state index is 5.98. The Kier molecular flexibility index (Phi) is 2.38. The number of nitrogen functional groups attached to an aromatic ring is 1. The first-order valence-corrected chi connectivity index (χ1v) is 4.77. The highest BCUT2D eigenvalue weighted by Gasteiger charge is 2.15. The summed E-state index contributed by atoms with van der Waals surface area (Å²) in [6, 6.07) is 3.53. The van der Waals surface area contributed by atoms with Gasteiger partial charge in [-0.05, 0) is 31.6 Å². The normalized spacial score (nSPS) is 17.0. The van der Waals surface area contributed by atoms with Crippen LogP contribution in [0.2, 0.25) is 5.02 Å². The first kappa shape index (κ1) is 8.78. The van der Waals surface area contributed by atoms with Crippen molar-refractivity contribution in [1.82, 2.24) is 9.88 Å². The lowest BCUT2D eigenvalue weighted by atomic mass is 10.2. The zero-order valence-electron chi connectivity index (χ0n) is 7.33. The average Bonchev–Trinajstić information content (AvgIpc) is 2.03. The number of halogens is 1. The van der Waals surface area contributed by atoms with E-state index in [1.807, 2.05) is 0 Å². The number of hydrogen-bond acceptors (Lipinski definition) is 3. The van der Waals surface area contributed by atoms with E-state index in [1.165, 1.54) is 6.42 Å². The van der Waals surface area contributed by atoms with Gasteiger partial charge in [-0.15, -0.1) is 0 Å². The molecule has 0 spiro atoms. The summed E-state index contributed by atoms with van der Waals surface area (Å²) in [5.74, 6) is 0.542. The Bertz CT molecular complexity index is 310. The minimum absolute atomic E-state index is 0.542. The van der Waals surface area contributed by atoms with E-state index in [1.54, 1.807) is 12.1 Å². The smallest absolute Gasteiger partial charge is 0.123 e. The van der Waals surface area contributed by atoms with Gasteiger partial charge >= 0.3 is 0 Å². The van der Waals surface area contributed by atoms with Crippen molar-refractivity contribution in [2.24, 2.45) is 0 Å². The maximum atomic E-state index is 5.98. The first-order chi connectivity index (χ1) is 6.25. The minimum atomic E-state index is 0.542. The molecule has 0 aliphatic carbocycles. The van der Waals surface area contributed by atoms with Crippen LogP contribution in [0.5, 0.6) is 0 Å². The van der Waals surface area contributed by atoms with E-state index in [4.69, 9.17) is 17.3 Å². The van der Waals surface area contributed by atoms with E-state index < -0.39 is 0 Å². The van der Waals surface area contributed by atoms with Gasteiger partial charge < -0.3 is 5.73 Å². The van der Waals surface area contributed by atoms with Crippen LogP contribution in [-0.2, 0) is 6.54 Å². The lowest BCUT2D eigenvalue weighted by molar-refractivity contribution is 0.170. The van der Waals surface area contributed by atoms with Crippen molar-refractivity contribution in [3.63, 3.8) is 0 Å². The molecule has 1 aliphatic rings. The molecule has 1 aliphatic heterocycles. The number of nitrogens with two attached hydrogens (primary N) is 1. The number of nitrogens with zero attached hydrogens (tertiary/aromatic N) is 2. The van der Waals surface area contributed by atoms with Crippen LogP contribution in [0.15, 0.2) is 12.1 Å². The summed E-state index contributed by atoms with van der Waals surface area (Å²) >= 11 is 5.98. The fraction of sp³-hybridized carbons (Fsp3) is 0.444. The van der Waals surface area contributed by atoms with Crippen molar-refractivity contribution < 1.29 is 0 Å². The molecular formula is C9H12ClN3. The molecule has 0 unspecified atom stereocenters. The zero-order valence-corrected chi connectivity index (χ0v) is 8.09. The third kappa shape index (κ3) is 1.92. The largest absolute Gasteiger partial charge is 0.384 e. The van der Waals surface area contributed by atoms with Gasteiger partial charge in [0.1, 0.15) is 5.82 Å². The molecule has 0 atom stereocenters. The average molecular weight is 198 g/mol. The summed E-state index contributed by atoms with van der Waals surface area (Å²) in [5.41, 5.74) is 6.46. The number of anilines is 1. The Morgan fingerprint density at radius 3 is 2.85 bits per heavy atom. The number of pyridine rings is 1. The molecule has 2 N–H and O–H groups in total. The van der Waals surface area contributed by atoms with Crippen LogP contribution in [0, 0.1) is 0 Å². The number of hydrogen-bond donors (Lipinski definition) is 1. The topological polar surface area (TPSA) is 42.1 Å². The molecule has 0 radical (unpaired) electrons. The molecule has 1 fully saturated rings. The molecule has 3 nitrogen and oxygen atoms in total. The van der Waals surface area contributed by atoms with Gasteiger partial charge in [0.2, 0.25) is 0 Å². The Morgan fingerprint density at radius 1 is 1.46 bits per heavy atom. The van der Waals surface area contributed by atoms with E-state index in [2.05, 4.69) is 9.88 Å². The van der Waals surface area contributed by atoms with Crippen molar-refractivity contribution in [3.05, 3.63) is 22.8 Å². The second-order valence-corrected chi connectivity index (χ2v) is 3.70. The van der Waals surface area contributed by atoms with Crippen molar-refractivity contribution in [2.45, 2.75) is 13.0 Å². The summed E-state index contributed by atoms with van der Waals surface area (Å²) in [7, 11) is 0. The van der Waals surface area contributed by atoms with Gasteiger partial charge in [-0.2, -0.15) is 0 Å². The van der Waals surface area contributed by atoms with Gasteiger partial charge in [-0.1, -0.05) is 11.6 Å². The Labute approximate surface area is 82.5 Å². The summed E-state index contributed by atoms with van der Waals surface area (Å²) < 4.78 is 0. The molecule has 1 saturated heterocycles. The summed E-state index contributed by atoms with van der Waals surface area (Å²) in [6.45, 7) is 3.11. The molecule has 0 saturated carbocycles. The van der Waals surface area contributed by atoms with E-state index in [0.29, 0.717) is 10.8 Å². The molecule has 2 rings (SSSR count). The monoisotopic (exact) mass is 197 g/mol. The number of rotatable bonds is 2. The number of likely N-dealkylation sites (tertiary alicyclic amines) is 1. The van der Waals surface area contributed by atoms with Crippen LogP contribution >= 0.6 is 11.6 Å². The standard InChI is InChI=1S/C9H12ClN3/c10-7-2-3-9(11)12-8(7)6-13-4-1-5-13/h2-3H,1,4-6H2,(H2,11,12). The van der Waals surface area contributed by atoms with Crippen LogP contribution in [0.25, 0.3) is 0 Å². The van der Waals surface area contributed by atoms with E-state index in [-0.39, 0.29) is 0 Å². The van der Waals surface area contributed by atoms with E-state index in [0.717, 1.165) is 25.3 Å². The Morgan fingerprint density at radius 2 is 2.23 bits per heavy atom. The minimum Gasteiger partial charge on any atom is -0.384 e. The van der Waals surface area contributed by atoms with Crippen LogP contribution in [0.1, 0.15) is 12.1 Å². The zero-order chi connectivity index (χ0) is 9.26. The fourth-order valence-electron chi connectivity index (χ4n) is 1.36. The third-order valence-electron chi connectivity index (χ3n) is 2.26. The Hall–Kier alpha value is -0.800. The van der Waals surface area contributed by atoms with Gasteiger partial charge in [-0.3, -0.25) is 4.90 Å². The second-order valence-electron chi connectivity index (χ2n) is 3.29. The molecule has 0 amide bonds. The quantitative estimate of drug-likeness (QED) is 0.782. The second kappa shape index (κ2) is 3.52. The highest BCUT2D eigenvalue weighted by atomic mass is 35.5. The molecule has 0 aromatic carbocycles. The number of aromatic nitrogens is 1. The molecule has 0 bridgehead atoms. The van der Waals surface area contributed by atoms with Crippen molar-refractivity contribution in [2.75, 3.05) is 18.8 Å². The van der Waals surface area contributed by atoms with Gasteiger partial charge in [0.05, 0.1) is 10.7 Å². The van der Waals surface area contributed by atoms with Gasteiger partial charge in [0.25, 0.3) is 0 Å². The first-order valence-electron chi connectivity index (χ1n) is 4.39. The van der Waals surface area contributed by atoms with Gasteiger partial charge in [0.15, 0.2) is 0 Å². The summed E-state index contributed by atoms with van der Waals surface area (Å²) in [4.78, 5) is 6.50. The van der Waals surface area contributed by atoms with Crippen molar-refractivity contribution >= 4 is 17.4 Å². The molecule has 70 valence electrons. The van der Waals surface area contributed by atoms with Crippen LogP contribution in [0.4, 0.5) is 5.82 Å². The molecule has 13 heavy (non-hydrogen) atoms. The molecule has 2 heterocycles. The SMILES string of the molecule is Nc1ccc(Cl)c(CN2CCC2)n1. The predicted molar refractivity (Wildman–Crippen MR) is 53.6 cm³/mol. The molecule has 1 aromatic rings. The van der Waals surface area contributed by atoms with Crippen LogP contribution in [0.3, 0.4) is 0 Å². The summed E-state index contributed by atoms with van der Waals surface area (Å²) in [6.07, 6.45) is 1.28. The fourth-order valence-corrected chi connectivity index (χ4v) is 1.53. The lowest BCUT2D eigenvalue weighted by Crippen LogP contribution is -2.36. The van der Waals surface area contributed by atoms with Crippen LogP contribution in [-0.4, -0.2) is 23.0 Å². The highest BCUT2D eigenvalue weighted by Crippen LogP contribution is 2.19. The third-order valence-corrected chi connectivity index (χ3v) is 2.61. The summed E-state index contributed by atoms with van der Waals surface area (Å²) in [5, 5.41) is 0.709. The lowest BCUT2D eigenvalue weighted by Gasteiger charge is -2.30. The van der Waals surface area contributed by atoms with E-state index in [9.17, 15) is 0 Å². The predicted octanol–water partition coefficient (Wildman–Crippen LogP) is 1.52. The van der Waals surface area contributed by atoms with E-state index >= 15 is 0 Å². The van der Waals surface area contributed by atoms with Crippen molar-refractivity contribution in [1.29, 1.82) is 0 Å². The highest BCUT2D eigenvalue weighted by molar-refractivity contribution is 6.31. The van der Waals surface area contributed by atoms with Gasteiger partial charge in [0, 0.05) is 6.54 Å². The molecule has 4 heteroatoms. The Balaban J connectivity index is 2.13. The maximum Gasteiger partial charge on any atom is 0.123 e. The molecular weight excluding hydrogens is 186 g/mol. The molecule has 1 aromatic heterocycles. The van der Waals surface area contributed by atoms with Crippen molar-refractivity contribution in [3.8, 4) is 0 Å².